The van der Waals surface area contributed by atoms with Gasteiger partial charge in [-0.25, -0.2) is 4.79 Å². The molecule has 2 aliphatic rings. The van der Waals surface area contributed by atoms with E-state index < -0.39 is 0 Å². The van der Waals surface area contributed by atoms with Crippen LogP contribution < -0.4 is 0 Å². The minimum absolute atomic E-state index is 0. The summed E-state index contributed by atoms with van der Waals surface area (Å²) >= 11 is 0. The first kappa shape index (κ1) is 13.3. The maximum atomic E-state index is 11.7. The second-order valence-corrected chi connectivity index (χ2v) is 5.97. The summed E-state index contributed by atoms with van der Waals surface area (Å²) in [5.74, 6) is 0. The number of rotatable bonds is 0. The molecule has 1 heterocycles. The van der Waals surface area contributed by atoms with Crippen molar-refractivity contribution in [3.63, 3.8) is 0 Å². The zero-order valence-corrected chi connectivity index (χ0v) is 10.0. The van der Waals surface area contributed by atoms with E-state index in [1.807, 2.05) is 25.7 Å². The first-order valence-corrected chi connectivity index (χ1v) is 5.88. The van der Waals surface area contributed by atoms with Crippen molar-refractivity contribution in [2.45, 2.75) is 59.5 Å². The van der Waals surface area contributed by atoms with Crippen LogP contribution in [0.3, 0.4) is 0 Å². The van der Waals surface area contributed by atoms with Crippen LogP contribution in [0.25, 0.3) is 0 Å². The fraction of sp³-hybridized carbons (Fsp3) is 0.923. The summed E-state index contributed by atoms with van der Waals surface area (Å²) in [6.45, 7) is 7.51. The molecule has 1 spiro atoms. The van der Waals surface area contributed by atoms with Gasteiger partial charge < -0.3 is 9.64 Å². The summed E-state index contributed by atoms with van der Waals surface area (Å²) in [5.41, 5.74) is 0.254. The molecule has 1 amide bonds. The molecule has 94 valence electrons. The van der Waals surface area contributed by atoms with Crippen molar-refractivity contribution in [1.82, 2.24) is 4.90 Å². The number of piperidine rings is 1. The molecular weight excluding hydrogens is 202 g/mol. The summed E-state index contributed by atoms with van der Waals surface area (Å²) in [6.07, 6.45) is 4.95. The smallest absolute Gasteiger partial charge is 0.410 e. The van der Waals surface area contributed by atoms with Gasteiger partial charge in [-0.05, 0) is 51.9 Å². The van der Waals surface area contributed by atoms with Crippen LogP contribution in [0.4, 0.5) is 4.79 Å². The number of hydrogen-bond donors (Lipinski definition) is 0. The monoisotopic (exact) mass is 227 g/mol. The van der Waals surface area contributed by atoms with E-state index in [0.29, 0.717) is 5.41 Å². The summed E-state index contributed by atoms with van der Waals surface area (Å²) in [6, 6.07) is 0. The lowest BCUT2D eigenvalue weighted by Gasteiger charge is -2.33. The number of ether oxygens (including phenoxy) is 1. The molecule has 0 radical (unpaired) electrons. The first-order valence-electron chi connectivity index (χ1n) is 5.88. The van der Waals surface area contributed by atoms with E-state index in [-0.39, 0.29) is 19.1 Å². The third-order valence-electron chi connectivity index (χ3n) is 3.43. The van der Waals surface area contributed by atoms with Crippen LogP contribution in [0.5, 0.6) is 0 Å². The zero-order valence-electron chi connectivity index (χ0n) is 10.0. The van der Waals surface area contributed by atoms with Crippen LogP contribution >= 0.6 is 0 Å². The molecule has 3 nitrogen and oxygen atoms in total. The van der Waals surface area contributed by atoms with Gasteiger partial charge in [-0.2, -0.15) is 0 Å². The molecule has 0 aromatic heterocycles. The van der Waals surface area contributed by atoms with E-state index in [4.69, 9.17) is 4.74 Å². The number of carbonyl (C=O) groups excluding carboxylic acids is 1. The molecule has 1 aliphatic heterocycles. The van der Waals surface area contributed by atoms with Crippen LogP contribution in [0.1, 0.15) is 53.9 Å². The molecule has 0 N–H and O–H groups in total. The highest BCUT2D eigenvalue weighted by atomic mass is 16.6. The van der Waals surface area contributed by atoms with Gasteiger partial charge >= 0.3 is 6.09 Å². The van der Waals surface area contributed by atoms with Crippen molar-refractivity contribution in [1.29, 1.82) is 0 Å². The lowest BCUT2D eigenvalue weighted by atomic mass is 9.94. The second-order valence-electron chi connectivity index (χ2n) is 5.97. The van der Waals surface area contributed by atoms with E-state index in [1.54, 1.807) is 0 Å². The van der Waals surface area contributed by atoms with E-state index in [1.165, 1.54) is 25.7 Å². The summed E-state index contributed by atoms with van der Waals surface area (Å²) in [5, 5.41) is 0. The SMILES string of the molecule is C.CC(C)(C)OC(=O)N1CCC2(CC1)CC2. The van der Waals surface area contributed by atoms with Crippen LogP contribution in [-0.2, 0) is 4.74 Å². The molecule has 0 aromatic carbocycles. The van der Waals surface area contributed by atoms with Crippen molar-refractivity contribution >= 4 is 6.09 Å². The highest BCUT2D eigenvalue weighted by molar-refractivity contribution is 5.68. The number of likely N-dealkylation sites (tertiary alicyclic amines) is 1. The molecule has 16 heavy (non-hydrogen) atoms. The molecule has 1 saturated carbocycles. The third kappa shape index (κ3) is 3.13. The van der Waals surface area contributed by atoms with Gasteiger partial charge in [0.2, 0.25) is 0 Å². The highest BCUT2D eigenvalue weighted by Gasteiger charge is 2.45. The molecule has 1 saturated heterocycles. The highest BCUT2D eigenvalue weighted by Crippen LogP contribution is 2.53. The van der Waals surface area contributed by atoms with Gasteiger partial charge in [0.25, 0.3) is 0 Å². The predicted octanol–water partition coefficient (Wildman–Crippen LogP) is 3.43. The summed E-state index contributed by atoms with van der Waals surface area (Å²) in [4.78, 5) is 13.6. The van der Waals surface area contributed by atoms with Crippen molar-refractivity contribution < 1.29 is 9.53 Å². The molecule has 3 heteroatoms. The minimum atomic E-state index is -0.369. The van der Waals surface area contributed by atoms with Gasteiger partial charge in [0.05, 0.1) is 0 Å². The minimum Gasteiger partial charge on any atom is -0.444 e. The zero-order chi connectivity index (χ0) is 11.1. The van der Waals surface area contributed by atoms with Crippen molar-refractivity contribution in [2.75, 3.05) is 13.1 Å². The van der Waals surface area contributed by atoms with Gasteiger partial charge in [0.15, 0.2) is 0 Å². The predicted molar refractivity (Wildman–Crippen MR) is 65.4 cm³/mol. The van der Waals surface area contributed by atoms with Crippen molar-refractivity contribution in [3.05, 3.63) is 0 Å². The normalized spacial score (nSPS) is 22.6. The average molecular weight is 227 g/mol. The maximum absolute atomic E-state index is 11.7. The van der Waals surface area contributed by atoms with E-state index in [9.17, 15) is 4.79 Å². The van der Waals surface area contributed by atoms with E-state index in [2.05, 4.69) is 0 Å². The Bertz CT molecular complexity index is 254. The lowest BCUT2D eigenvalue weighted by Crippen LogP contribution is -2.42. The van der Waals surface area contributed by atoms with E-state index >= 15 is 0 Å². The van der Waals surface area contributed by atoms with Gasteiger partial charge in [-0.15, -0.1) is 0 Å². The summed E-state index contributed by atoms with van der Waals surface area (Å²) < 4.78 is 5.35. The lowest BCUT2D eigenvalue weighted by molar-refractivity contribution is 0.0173. The Morgan fingerprint density at radius 2 is 1.62 bits per heavy atom. The first-order chi connectivity index (χ1) is 6.90. The largest absolute Gasteiger partial charge is 0.444 e. The quantitative estimate of drug-likeness (QED) is 0.634. The molecular formula is C13H25NO2. The average Bonchev–Trinajstić information content (AvgIpc) is 2.83. The number of amides is 1. The molecule has 0 bridgehead atoms. The van der Waals surface area contributed by atoms with Crippen LogP contribution in [0.15, 0.2) is 0 Å². The fourth-order valence-corrected chi connectivity index (χ4v) is 2.17. The molecule has 2 rings (SSSR count). The van der Waals surface area contributed by atoms with E-state index in [0.717, 1.165) is 13.1 Å². The van der Waals surface area contributed by atoms with Gasteiger partial charge in [-0.1, -0.05) is 7.43 Å². The van der Waals surface area contributed by atoms with Crippen molar-refractivity contribution in [3.8, 4) is 0 Å². The molecule has 0 atom stereocenters. The van der Waals surface area contributed by atoms with Crippen LogP contribution in [-0.4, -0.2) is 29.7 Å². The van der Waals surface area contributed by atoms with Gasteiger partial charge in [-0.3, -0.25) is 0 Å². The molecule has 1 aliphatic carbocycles. The number of hydrogen-bond acceptors (Lipinski definition) is 2. The topological polar surface area (TPSA) is 29.5 Å². The van der Waals surface area contributed by atoms with Crippen LogP contribution in [0, 0.1) is 5.41 Å². The Balaban J connectivity index is 0.00000128. The molecule has 0 unspecified atom stereocenters. The third-order valence-corrected chi connectivity index (χ3v) is 3.43. The Morgan fingerprint density at radius 1 is 1.12 bits per heavy atom. The number of carbonyl (C=O) groups is 1. The van der Waals surface area contributed by atoms with Gasteiger partial charge in [0, 0.05) is 13.1 Å². The Kier molecular flexibility index (Phi) is 3.56. The maximum Gasteiger partial charge on any atom is 0.410 e. The molecule has 2 fully saturated rings. The fourth-order valence-electron chi connectivity index (χ4n) is 2.17. The van der Waals surface area contributed by atoms with Crippen LogP contribution in [0.2, 0.25) is 0 Å². The summed E-state index contributed by atoms with van der Waals surface area (Å²) in [7, 11) is 0. The Morgan fingerprint density at radius 3 is 2.00 bits per heavy atom. The Labute approximate surface area is 99.1 Å². The molecule has 0 aromatic rings. The second kappa shape index (κ2) is 4.27. The van der Waals surface area contributed by atoms with Gasteiger partial charge in [0.1, 0.15) is 5.60 Å². The number of nitrogens with zero attached hydrogens (tertiary/aromatic N) is 1. The Hall–Kier alpha value is -0.730. The van der Waals surface area contributed by atoms with Crippen molar-refractivity contribution in [2.24, 2.45) is 5.41 Å². The standard InChI is InChI=1S/C12H21NO2.CH4/c1-11(2,3)15-10(14)13-8-6-12(4-5-12)7-9-13;/h4-9H2,1-3H3;1H4.